The lowest BCUT2D eigenvalue weighted by Gasteiger charge is -2.36. The van der Waals surface area contributed by atoms with E-state index >= 15 is 0 Å². The summed E-state index contributed by atoms with van der Waals surface area (Å²) in [4.78, 5) is 32.0. The van der Waals surface area contributed by atoms with Crippen molar-refractivity contribution in [1.29, 1.82) is 0 Å². The van der Waals surface area contributed by atoms with Gasteiger partial charge in [-0.05, 0) is 37.6 Å². The third-order valence-electron chi connectivity index (χ3n) is 5.33. The number of nitrogens with one attached hydrogen (secondary N) is 1. The Kier molecular flexibility index (Phi) is 5.79. The van der Waals surface area contributed by atoms with Gasteiger partial charge in [-0.25, -0.2) is 4.79 Å². The third kappa shape index (κ3) is 4.62. The van der Waals surface area contributed by atoms with E-state index in [9.17, 15) is 14.9 Å². The van der Waals surface area contributed by atoms with E-state index in [2.05, 4.69) is 15.4 Å². The molecule has 0 spiro atoms. The molecule has 3 heterocycles. The lowest BCUT2D eigenvalue weighted by molar-refractivity contribution is -0.402. The SMILES string of the molecule is CC(C)NC(=O)N1CCN(c2ccc(C3CC(c4ccc([N+](=O)[O-])o4)=NO3)cc2)CC1. The maximum absolute atomic E-state index is 12.1. The smallest absolute Gasteiger partial charge is 0.399 e. The number of piperazine rings is 1. The van der Waals surface area contributed by atoms with Gasteiger partial charge in [-0.3, -0.25) is 10.1 Å². The van der Waals surface area contributed by atoms with E-state index in [0.717, 1.165) is 24.3 Å². The molecule has 1 aromatic heterocycles. The van der Waals surface area contributed by atoms with Crippen LogP contribution in [-0.4, -0.2) is 53.8 Å². The average molecular weight is 427 g/mol. The van der Waals surface area contributed by atoms with E-state index < -0.39 is 4.92 Å². The molecule has 10 nitrogen and oxygen atoms in total. The molecular weight excluding hydrogens is 402 g/mol. The highest BCUT2D eigenvalue weighted by atomic mass is 16.7. The van der Waals surface area contributed by atoms with Gasteiger partial charge in [-0.1, -0.05) is 17.3 Å². The van der Waals surface area contributed by atoms with Crippen LogP contribution in [0.1, 0.15) is 37.7 Å². The van der Waals surface area contributed by atoms with Crippen LogP contribution in [0, 0.1) is 10.1 Å². The zero-order chi connectivity index (χ0) is 22.0. The van der Waals surface area contributed by atoms with Gasteiger partial charge < -0.3 is 24.4 Å². The molecule has 0 saturated carbocycles. The minimum absolute atomic E-state index is 0.0129. The molecular formula is C21H25N5O5. The Morgan fingerprint density at radius 3 is 2.48 bits per heavy atom. The predicted octanol–water partition coefficient (Wildman–Crippen LogP) is 3.29. The quantitative estimate of drug-likeness (QED) is 0.579. The molecule has 1 fully saturated rings. The molecule has 0 aliphatic carbocycles. The van der Waals surface area contributed by atoms with Crippen molar-refractivity contribution in [3.8, 4) is 0 Å². The fraction of sp³-hybridized carbons (Fsp3) is 0.429. The Morgan fingerprint density at radius 2 is 1.87 bits per heavy atom. The molecule has 1 N–H and O–H groups in total. The van der Waals surface area contributed by atoms with Crippen molar-refractivity contribution in [2.75, 3.05) is 31.1 Å². The number of nitrogens with zero attached hydrogens (tertiary/aromatic N) is 4. The van der Waals surface area contributed by atoms with Crippen LogP contribution in [0.3, 0.4) is 0 Å². The molecule has 1 unspecified atom stereocenters. The first-order valence-corrected chi connectivity index (χ1v) is 10.3. The summed E-state index contributed by atoms with van der Waals surface area (Å²) < 4.78 is 5.21. The summed E-state index contributed by atoms with van der Waals surface area (Å²) >= 11 is 0. The molecule has 2 aliphatic rings. The van der Waals surface area contributed by atoms with Crippen molar-refractivity contribution in [3.05, 3.63) is 57.8 Å². The van der Waals surface area contributed by atoms with E-state index in [-0.39, 0.29) is 24.1 Å². The van der Waals surface area contributed by atoms with Gasteiger partial charge in [0.25, 0.3) is 0 Å². The van der Waals surface area contributed by atoms with Crippen molar-refractivity contribution in [3.63, 3.8) is 0 Å². The number of anilines is 1. The summed E-state index contributed by atoms with van der Waals surface area (Å²) in [6.07, 6.45) is 0.220. The van der Waals surface area contributed by atoms with Crippen LogP contribution in [0.2, 0.25) is 0 Å². The number of furan rings is 1. The Balaban J connectivity index is 1.32. The number of benzene rings is 1. The van der Waals surface area contributed by atoms with Crippen molar-refractivity contribution in [1.82, 2.24) is 10.2 Å². The van der Waals surface area contributed by atoms with Gasteiger partial charge in [-0.2, -0.15) is 0 Å². The molecule has 1 aromatic carbocycles. The molecule has 164 valence electrons. The largest absolute Gasteiger partial charge is 0.433 e. The molecule has 2 aliphatic heterocycles. The molecule has 10 heteroatoms. The lowest BCUT2D eigenvalue weighted by Crippen LogP contribution is -2.52. The van der Waals surface area contributed by atoms with Gasteiger partial charge in [-0.15, -0.1) is 0 Å². The molecule has 0 radical (unpaired) electrons. The molecule has 4 rings (SSSR count). The maximum Gasteiger partial charge on any atom is 0.433 e. The molecule has 2 aromatic rings. The summed E-state index contributed by atoms with van der Waals surface area (Å²) in [6.45, 7) is 6.81. The highest BCUT2D eigenvalue weighted by molar-refractivity contribution is 5.99. The fourth-order valence-corrected chi connectivity index (χ4v) is 3.69. The predicted molar refractivity (Wildman–Crippen MR) is 114 cm³/mol. The minimum atomic E-state index is -0.577. The minimum Gasteiger partial charge on any atom is -0.399 e. The van der Waals surface area contributed by atoms with Gasteiger partial charge in [0.2, 0.25) is 0 Å². The number of urea groups is 1. The van der Waals surface area contributed by atoms with E-state index in [4.69, 9.17) is 9.25 Å². The van der Waals surface area contributed by atoms with E-state index in [0.29, 0.717) is 31.0 Å². The normalized spacial score (nSPS) is 18.7. The zero-order valence-corrected chi connectivity index (χ0v) is 17.5. The lowest BCUT2D eigenvalue weighted by atomic mass is 10.0. The van der Waals surface area contributed by atoms with Gasteiger partial charge in [0.1, 0.15) is 10.6 Å². The molecule has 0 bridgehead atoms. The summed E-state index contributed by atoms with van der Waals surface area (Å²) in [5.41, 5.74) is 2.62. The summed E-state index contributed by atoms with van der Waals surface area (Å²) in [6, 6.07) is 11.0. The summed E-state index contributed by atoms with van der Waals surface area (Å²) in [5.74, 6) is 0.0393. The molecule has 1 atom stereocenters. The number of carbonyl (C=O) groups excluding carboxylic acids is 1. The van der Waals surface area contributed by atoms with Gasteiger partial charge in [0, 0.05) is 44.3 Å². The first kappa shape index (κ1) is 20.7. The first-order chi connectivity index (χ1) is 14.9. The Labute approximate surface area is 179 Å². The number of nitro groups is 1. The number of hydrogen-bond acceptors (Lipinski definition) is 7. The van der Waals surface area contributed by atoms with Crippen LogP contribution in [0.4, 0.5) is 16.4 Å². The number of carbonyl (C=O) groups is 1. The third-order valence-corrected chi connectivity index (χ3v) is 5.33. The van der Waals surface area contributed by atoms with E-state index in [1.807, 2.05) is 43.0 Å². The van der Waals surface area contributed by atoms with Crippen molar-refractivity contribution >= 4 is 23.3 Å². The van der Waals surface area contributed by atoms with Crippen LogP contribution in [-0.2, 0) is 4.84 Å². The molecule has 31 heavy (non-hydrogen) atoms. The second-order valence-corrected chi connectivity index (χ2v) is 7.90. The first-order valence-electron chi connectivity index (χ1n) is 10.3. The number of rotatable bonds is 5. The average Bonchev–Trinajstić information content (AvgIpc) is 3.43. The van der Waals surface area contributed by atoms with Crippen LogP contribution in [0.5, 0.6) is 0 Å². The Bertz CT molecular complexity index is 976. The summed E-state index contributed by atoms with van der Waals surface area (Å²) in [5, 5.41) is 17.8. The number of oxime groups is 1. The number of hydrogen-bond donors (Lipinski definition) is 1. The van der Waals surface area contributed by atoms with Crippen LogP contribution < -0.4 is 10.2 Å². The monoisotopic (exact) mass is 427 g/mol. The highest BCUT2D eigenvalue weighted by Gasteiger charge is 2.28. The highest BCUT2D eigenvalue weighted by Crippen LogP contribution is 2.32. The van der Waals surface area contributed by atoms with Gasteiger partial charge in [0.15, 0.2) is 11.9 Å². The van der Waals surface area contributed by atoms with Gasteiger partial charge in [0.05, 0.1) is 6.07 Å². The topological polar surface area (TPSA) is 113 Å². The zero-order valence-electron chi connectivity index (χ0n) is 17.5. The second-order valence-electron chi connectivity index (χ2n) is 7.90. The standard InChI is InChI=1S/C21H25N5O5/c1-14(2)22-21(27)25-11-9-24(10-12-25)16-5-3-15(4-6-16)19-13-17(23-31-19)18-7-8-20(30-18)26(28)29/h3-8,14,19H,9-13H2,1-2H3,(H,22,27). The van der Waals surface area contributed by atoms with Crippen LogP contribution in [0.25, 0.3) is 0 Å². The van der Waals surface area contributed by atoms with Crippen molar-refractivity contribution in [2.45, 2.75) is 32.4 Å². The Morgan fingerprint density at radius 1 is 1.16 bits per heavy atom. The maximum atomic E-state index is 12.1. The summed E-state index contributed by atoms with van der Waals surface area (Å²) in [7, 11) is 0. The van der Waals surface area contributed by atoms with Crippen LogP contribution >= 0.6 is 0 Å². The van der Waals surface area contributed by atoms with E-state index in [1.54, 1.807) is 0 Å². The second kappa shape index (κ2) is 8.66. The van der Waals surface area contributed by atoms with E-state index in [1.165, 1.54) is 12.1 Å². The molecule has 2 amide bonds. The van der Waals surface area contributed by atoms with Gasteiger partial charge >= 0.3 is 11.9 Å². The van der Waals surface area contributed by atoms with Crippen molar-refractivity contribution in [2.24, 2.45) is 5.16 Å². The molecule has 1 saturated heterocycles. The number of amides is 2. The Hall–Kier alpha value is -3.56. The van der Waals surface area contributed by atoms with Crippen molar-refractivity contribution < 1.29 is 19.0 Å². The van der Waals surface area contributed by atoms with Crippen LogP contribution in [0.15, 0.2) is 46.0 Å². The fourth-order valence-electron chi connectivity index (χ4n) is 3.69.